The monoisotopic (exact) mass is 381 g/mol. The van der Waals surface area contributed by atoms with Gasteiger partial charge in [0.25, 0.3) is 11.5 Å². The molecular formula is C18H15N5O5. The van der Waals surface area contributed by atoms with Gasteiger partial charge in [-0.25, -0.2) is 14.8 Å². The Kier molecular flexibility index (Phi) is 5.40. The fraction of sp³-hybridized carbons (Fsp3) is 0.111. The van der Waals surface area contributed by atoms with E-state index in [9.17, 15) is 19.2 Å². The third-order valence-corrected chi connectivity index (χ3v) is 3.65. The van der Waals surface area contributed by atoms with E-state index in [2.05, 4.69) is 25.0 Å². The maximum Gasteiger partial charge on any atom is 0.397 e. The van der Waals surface area contributed by atoms with E-state index in [1.54, 1.807) is 19.1 Å². The normalized spacial score (nSPS) is 10.3. The van der Waals surface area contributed by atoms with Crippen molar-refractivity contribution in [3.8, 4) is 11.4 Å². The summed E-state index contributed by atoms with van der Waals surface area (Å²) in [7, 11) is 0. The molecule has 0 radical (unpaired) electrons. The van der Waals surface area contributed by atoms with Crippen molar-refractivity contribution in [1.82, 2.24) is 19.5 Å². The first kappa shape index (κ1) is 18.7. The minimum atomic E-state index is -0.976. The van der Waals surface area contributed by atoms with E-state index < -0.39 is 23.3 Å². The number of hydrogen-bond acceptors (Lipinski definition) is 7. The first-order chi connectivity index (χ1) is 13.5. The molecule has 1 amide bonds. The van der Waals surface area contributed by atoms with E-state index >= 15 is 0 Å². The standard InChI is InChI=1S/C18H15N5O5/c1-2-28-18(27)16(25)21-12-5-3-11(4-6-12)14-20-9-13(15(24)22-14)17(26)23-8-7-19-10-23/h3-10H,2H2,1H3,(H,21,25)(H,20,22,24). The molecule has 10 heteroatoms. The summed E-state index contributed by atoms with van der Waals surface area (Å²) in [6.07, 6.45) is 5.33. The molecule has 2 aromatic heterocycles. The Balaban J connectivity index is 1.76. The number of benzene rings is 1. The molecule has 0 saturated carbocycles. The molecule has 142 valence electrons. The van der Waals surface area contributed by atoms with Crippen LogP contribution in [0.5, 0.6) is 0 Å². The second-order valence-corrected chi connectivity index (χ2v) is 5.50. The lowest BCUT2D eigenvalue weighted by Gasteiger charge is -2.06. The van der Waals surface area contributed by atoms with E-state index in [4.69, 9.17) is 0 Å². The number of carbonyl (C=O) groups excluding carboxylic acids is 3. The van der Waals surface area contributed by atoms with Crippen LogP contribution in [0.2, 0.25) is 0 Å². The maximum absolute atomic E-state index is 12.2. The number of nitrogens with zero attached hydrogens (tertiary/aromatic N) is 3. The lowest BCUT2D eigenvalue weighted by Crippen LogP contribution is -2.25. The average Bonchev–Trinajstić information content (AvgIpc) is 3.23. The van der Waals surface area contributed by atoms with Crippen molar-refractivity contribution in [1.29, 1.82) is 0 Å². The molecule has 3 aromatic rings. The smallest absolute Gasteiger partial charge is 0.397 e. The fourth-order valence-electron chi connectivity index (χ4n) is 2.30. The summed E-state index contributed by atoms with van der Waals surface area (Å²) in [5, 5.41) is 2.40. The molecule has 0 fully saturated rings. The second kappa shape index (κ2) is 8.08. The highest BCUT2D eigenvalue weighted by molar-refractivity contribution is 6.37. The summed E-state index contributed by atoms with van der Waals surface area (Å²) in [6.45, 7) is 1.70. The van der Waals surface area contributed by atoms with Gasteiger partial charge in [0.1, 0.15) is 17.7 Å². The summed E-state index contributed by atoms with van der Waals surface area (Å²) < 4.78 is 5.78. The zero-order valence-corrected chi connectivity index (χ0v) is 14.7. The molecule has 0 unspecified atom stereocenters. The highest BCUT2D eigenvalue weighted by Gasteiger charge is 2.16. The van der Waals surface area contributed by atoms with Crippen LogP contribution in [0.15, 0.2) is 54.0 Å². The minimum absolute atomic E-state index is 0.101. The highest BCUT2D eigenvalue weighted by Crippen LogP contribution is 2.17. The number of H-pyrrole nitrogens is 1. The van der Waals surface area contributed by atoms with Gasteiger partial charge in [0.2, 0.25) is 0 Å². The zero-order chi connectivity index (χ0) is 20.1. The number of aromatic amines is 1. The predicted molar refractivity (Wildman–Crippen MR) is 97.5 cm³/mol. The van der Waals surface area contributed by atoms with Crippen LogP contribution < -0.4 is 10.9 Å². The molecule has 0 aliphatic rings. The number of aromatic nitrogens is 4. The lowest BCUT2D eigenvalue weighted by atomic mass is 10.2. The third-order valence-electron chi connectivity index (χ3n) is 3.65. The summed E-state index contributed by atoms with van der Waals surface area (Å²) >= 11 is 0. The first-order valence-electron chi connectivity index (χ1n) is 8.20. The van der Waals surface area contributed by atoms with Gasteiger partial charge in [-0.3, -0.25) is 19.0 Å². The van der Waals surface area contributed by atoms with Gasteiger partial charge in [-0.15, -0.1) is 0 Å². The summed E-state index contributed by atoms with van der Waals surface area (Å²) in [5.41, 5.74) is 0.201. The quantitative estimate of drug-likeness (QED) is 0.504. The first-order valence-corrected chi connectivity index (χ1v) is 8.20. The Morgan fingerprint density at radius 1 is 1.21 bits per heavy atom. The van der Waals surface area contributed by atoms with E-state index in [1.165, 1.54) is 41.6 Å². The van der Waals surface area contributed by atoms with Gasteiger partial charge >= 0.3 is 11.9 Å². The summed E-state index contributed by atoms with van der Waals surface area (Å²) in [4.78, 5) is 57.8. The predicted octanol–water partition coefficient (Wildman–Crippen LogP) is 0.823. The van der Waals surface area contributed by atoms with Gasteiger partial charge in [-0.1, -0.05) is 0 Å². The molecule has 0 saturated heterocycles. The van der Waals surface area contributed by atoms with Crippen molar-refractivity contribution in [2.75, 3.05) is 11.9 Å². The molecule has 0 aliphatic heterocycles. The number of hydrogen-bond donors (Lipinski definition) is 2. The van der Waals surface area contributed by atoms with Crippen molar-refractivity contribution in [2.24, 2.45) is 0 Å². The van der Waals surface area contributed by atoms with Gasteiger partial charge in [0.15, 0.2) is 0 Å². The van der Waals surface area contributed by atoms with Gasteiger partial charge in [0.05, 0.1) is 6.61 Å². The van der Waals surface area contributed by atoms with Gasteiger partial charge < -0.3 is 15.0 Å². The van der Waals surface area contributed by atoms with Crippen LogP contribution in [-0.2, 0) is 14.3 Å². The summed E-state index contributed by atoms with van der Waals surface area (Å²) in [6, 6.07) is 6.26. The van der Waals surface area contributed by atoms with Crippen molar-refractivity contribution in [3.63, 3.8) is 0 Å². The SMILES string of the molecule is CCOC(=O)C(=O)Nc1ccc(-c2ncc(C(=O)n3ccnc3)c(=O)[nH]2)cc1. The average molecular weight is 381 g/mol. The Labute approximate surface area is 158 Å². The van der Waals surface area contributed by atoms with Crippen LogP contribution in [0, 0.1) is 0 Å². The minimum Gasteiger partial charge on any atom is -0.459 e. The molecule has 2 N–H and O–H groups in total. The molecule has 1 aromatic carbocycles. The molecule has 10 nitrogen and oxygen atoms in total. The van der Waals surface area contributed by atoms with Gasteiger partial charge in [0, 0.05) is 29.8 Å². The topological polar surface area (TPSA) is 136 Å². The number of anilines is 1. The van der Waals surface area contributed by atoms with Gasteiger partial charge in [-0.2, -0.15) is 0 Å². The Morgan fingerprint density at radius 2 is 1.96 bits per heavy atom. The maximum atomic E-state index is 12.2. The number of ether oxygens (including phenoxy) is 1. The molecule has 0 aliphatic carbocycles. The molecular weight excluding hydrogens is 366 g/mol. The number of esters is 1. The number of carbonyl (C=O) groups is 3. The Bertz CT molecular complexity index is 1070. The van der Waals surface area contributed by atoms with Crippen LogP contribution in [0.1, 0.15) is 17.3 Å². The van der Waals surface area contributed by atoms with Crippen LogP contribution in [0.3, 0.4) is 0 Å². The lowest BCUT2D eigenvalue weighted by molar-refractivity contribution is -0.152. The molecule has 0 atom stereocenters. The molecule has 3 rings (SSSR count). The van der Waals surface area contributed by atoms with E-state index in [1.807, 2.05) is 0 Å². The van der Waals surface area contributed by atoms with Crippen molar-refractivity contribution in [3.05, 3.63) is 65.1 Å². The van der Waals surface area contributed by atoms with Crippen molar-refractivity contribution < 1.29 is 19.1 Å². The number of imidazole rings is 1. The molecule has 2 heterocycles. The van der Waals surface area contributed by atoms with Gasteiger partial charge in [-0.05, 0) is 31.2 Å². The third kappa shape index (κ3) is 4.01. The Morgan fingerprint density at radius 3 is 2.57 bits per heavy atom. The number of rotatable bonds is 4. The van der Waals surface area contributed by atoms with E-state index in [0.717, 1.165) is 0 Å². The van der Waals surface area contributed by atoms with Crippen molar-refractivity contribution >= 4 is 23.5 Å². The van der Waals surface area contributed by atoms with E-state index in [0.29, 0.717) is 11.3 Å². The highest BCUT2D eigenvalue weighted by atomic mass is 16.5. The van der Waals surface area contributed by atoms with Crippen LogP contribution in [0.4, 0.5) is 5.69 Å². The van der Waals surface area contributed by atoms with Crippen LogP contribution in [0.25, 0.3) is 11.4 Å². The van der Waals surface area contributed by atoms with Crippen LogP contribution >= 0.6 is 0 Å². The number of nitrogens with one attached hydrogen (secondary N) is 2. The fourth-order valence-corrected chi connectivity index (χ4v) is 2.30. The van der Waals surface area contributed by atoms with E-state index in [-0.39, 0.29) is 18.0 Å². The largest absolute Gasteiger partial charge is 0.459 e. The summed E-state index contributed by atoms with van der Waals surface area (Å²) in [5.74, 6) is -2.16. The van der Waals surface area contributed by atoms with Crippen molar-refractivity contribution in [2.45, 2.75) is 6.92 Å². The molecule has 0 spiro atoms. The Hall–Kier alpha value is -4.08. The number of amides is 1. The second-order valence-electron chi connectivity index (χ2n) is 5.50. The molecule has 28 heavy (non-hydrogen) atoms. The zero-order valence-electron chi connectivity index (χ0n) is 14.7. The molecule has 0 bridgehead atoms. The van der Waals surface area contributed by atoms with Crippen LogP contribution in [-0.4, -0.2) is 43.9 Å².